The number of nitrogens with zero attached hydrogens (tertiary/aromatic N) is 2. The fourth-order valence-electron chi connectivity index (χ4n) is 2.69. The first-order chi connectivity index (χ1) is 10.3. The van der Waals surface area contributed by atoms with Gasteiger partial charge in [-0.15, -0.1) is 0 Å². The molecule has 0 aliphatic carbocycles. The van der Waals surface area contributed by atoms with Crippen molar-refractivity contribution in [3.05, 3.63) is 10.0 Å². The molecule has 6 nitrogen and oxygen atoms in total. The van der Waals surface area contributed by atoms with Gasteiger partial charge < -0.3 is 9.64 Å². The zero-order chi connectivity index (χ0) is 16.5. The fraction of sp³-hybridized carbons (Fsp3) is 0.692. The van der Waals surface area contributed by atoms with Gasteiger partial charge in [-0.2, -0.15) is 0 Å². The Hall–Kier alpha value is -0.860. The van der Waals surface area contributed by atoms with E-state index in [1.54, 1.807) is 0 Å². The van der Waals surface area contributed by atoms with Gasteiger partial charge in [0.05, 0.1) is 17.6 Å². The van der Waals surface area contributed by atoms with Gasteiger partial charge in [0.15, 0.2) is 25.0 Å². The van der Waals surface area contributed by atoms with Crippen molar-refractivity contribution in [2.24, 2.45) is 0 Å². The Labute approximate surface area is 139 Å². The van der Waals surface area contributed by atoms with Crippen molar-refractivity contribution < 1.29 is 17.9 Å². The Kier molecular flexibility index (Phi) is 5.03. The number of methoxy groups -OCH3 is 1. The zero-order valence-corrected chi connectivity index (χ0v) is 15.1. The molecule has 0 radical (unpaired) electrons. The number of carbonyl (C=O) groups excluding carboxylic acids is 1. The van der Waals surface area contributed by atoms with Crippen molar-refractivity contribution >= 4 is 43.9 Å². The number of esters is 1. The standard InChI is InChI=1S/C13H19ClN2O4S2/c1-4-13(5-2)8-16(6-7-22(13,18)19)12-15-10(14)9(21-12)11(17)20-3/h4-8H2,1-3H3. The average molecular weight is 367 g/mol. The fourth-order valence-corrected chi connectivity index (χ4v) is 6.04. The summed E-state index contributed by atoms with van der Waals surface area (Å²) in [6.45, 7) is 4.50. The maximum atomic E-state index is 12.4. The quantitative estimate of drug-likeness (QED) is 0.761. The summed E-state index contributed by atoms with van der Waals surface area (Å²) in [5.41, 5.74) is 0. The second kappa shape index (κ2) is 6.33. The molecule has 0 saturated carbocycles. The number of rotatable bonds is 4. The smallest absolute Gasteiger partial charge is 0.351 e. The molecule has 1 aromatic rings. The predicted octanol–water partition coefficient (Wildman–Crippen LogP) is 2.38. The number of hydrogen-bond acceptors (Lipinski definition) is 7. The van der Waals surface area contributed by atoms with Gasteiger partial charge in [-0.1, -0.05) is 36.8 Å². The molecule has 0 aromatic carbocycles. The topological polar surface area (TPSA) is 76.6 Å². The van der Waals surface area contributed by atoms with E-state index in [-0.39, 0.29) is 15.8 Å². The normalized spacial score (nSPS) is 19.9. The summed E-state index contributed by atoms with van der Waals surface area (Å²) in [6, 6.07) is 0. The van der Waals surface area contributed by atoms with Crippen LogP contribution in [0.1, 0.15) is 36.4 Å². The molecule has 0 atom stereocenters. The summed E-state index contributed by atoms with van der Waals surface area (Å²) >= 11 is 7.12. The molecule has 1 aromatic heterocycles. The van der Waals surface area contributed by atoms with E-state index in [0.717, 1.165) is 11.3 Å². The molecule has 1 saturated heterocycles. The van der Waals surface area contributed by atoms with Crippen LogP contribution in [-0.2, 0) is 14.6 Å². The van der Waals surface area contributed by atoms with Crippen LogP contribution in [0.5, 0.6) is 0 Å². The number of carbonyl (C=O) groups is 1. The number of hydrogen-bond donors (Lipinski definition) is 0. The Balaban J connectivity index is 2.34. The van der Waals surface area contributed by atoms with Crippen LogP contribution in [0.25, 0.3) is 0 Å². The predicted molar refractivity (Wildman–Crippen MR) is 87.8 cm³/mol. The Bertz CT molecular complexity index is 668. The molecule has 0 bridgehead atoms. The van der Waals surface area contributed by atoms with Crippen LogP contribution in [0.2, 0.25) is 5.15 Å². The van der Waals surface area contributed by atoms with Gasteiger partial charge in [-0.25, -0.2) is 18.2 Å². The summed E-state index contributed by atoms with van der Waals surface area (Å²) in [7, 11) is -1.86. The molecular weight excluding hydrogens is 348 g/mol. The molecule has 0 unspecified atom stereocenters. The Morgan fingerprint density at radius 2 is 2.09 bits per heavy atom. The Morgan fingerprint density at radius 1 is 1.45 bits per heavy atom. The van der Waals surface area contributed by atoms with Gasteiger partial charge in [0.2, 0.25) is 0 Å². The highest BCUT2D eigenvalue weighted by Gasteiger charge is 2.46. The van der Waals surface area contributed by atoms with E-state index in [0.29, 0.717) is 31.1 Å². The van der Waals surface area contributed by atoms with Crippen LogP contribution in [0.15, 0.2) is 0 Å². The van der Waals surface area contributed by atoms with Crippen molar-refractivity contribution in [1.82, 2.24) is 4.98 Å². The van der Waals surface area contributed by atoms with Gasteiger partial charge in [0, 0.05) is 13.1 Å². The lowest BCUT2D eigenvalue weighted by atomic mass is 10.0. The molecule has 0 amide bonds. The van der Waals surface area contributed by atoms with Gasteiger partial charge in [0.1, 0.15) is 0 Å². The highest BCUT2D eigenvalue weighted by Crippen LogP contribution is 2.37. The van der Waals surface area contributed by atoms with E-state index >= 15 is 0 Å². The number of thiazole rings is 1. The van der Waals surface area contributed by atoms with Crippen molar-refractivity contribution in [2.75, 3.05) is 30.9 Å². The largest absolute Gasteiger partial charge is 0.465 e. The minimum atomic E-state index is -3.14. The van der Waals surface area contributed by atoms with E-state index in [2.05, 4.69) is 9.72 Å². The molecule has 22 heavy (non-hydrogen) atoms. The lowest BCUT2D eigenvalue weighted by Crippen LogP contribution is -2.55. The summed E-state index contributed by atoms with van der Waals surface area (Å²) in [4.78, 5) is 18.0. The molecule has 124 valence electrons. The lowest BCUT2D eigenvalue weighted by molar-refractivity contribution is 0.0606. The molecule has 1 aliphatic rings. The summed E-state index contributed by atoms with van der Waals surface area (Å²) in [5.74, 6) is -0.449. The lowest BCUT2D eigenvalue weighted by Gasteiger charge is -2.41. The summed E-state index contributed by atoms with van der Waals surface area (Å²) in [6.07, 6.45) is 1.09. The van der Waals surface area contributed by atoms with Crippen LogP contribution in [0, 0.1) is 0 Å². The van der Waals surface area contributed by atoms with Gasteiger partial charge in [-0.3, -0.25) is 0 Å². The van der Waals surface area contributed by atoms with Crippen LogP contribution in [-0.4, -0.2) is 50.1 Å². The first-order valence-corrected chi connectivity index (χ1v) is 9.86. The maximum Gasteiger partial charge on any atom is 0.351 e. The van der Waals surface area contributed by atoms with Gasteiger partial charge in [-0.05, 0) is 12.8 Å². The van der Waals surface area contributed by atoms with Crippen molar-refractivity contribution in [3.8, 4) is 0 Å². The third kappa shape index (κ3) is 2.83. The van der Waals surface area contributed by atoms with E-state index in [1.165, 1.54) is 7.11 Å². The maximum absolute atomic E-state index is 12.4. The molecule has 1 fully saturated rings. The zero-order valence-electron chi connectivity index (χ0n) is 12.8. The van der Waals surface area contributed by atoms with E-state index < -0.39 is 20.6 Å². The molecule has 0 spiro atoms. The molecule has 1 aliphatic heterocycles. The number of ether oxygens (including phenoxy) is 1. The summed E-state index contributed by atoms with van der Waals surface area (Å²) in [5, 5.41) is 0.658. The molecule has 9 heteroatoms. The van der Waals surface area contributed by atoms with E-state index in [9.17, 15) is 13.2 Å². The SMILES string of the molecule is CCC1(CC)CN(c2nc(Cl)c(C(=O)OC)s2)CCS1(=O)=O. The third-order valence-electron chi connectivity index (χ3n) is 4.27. The minimum Gasteiger partial charge on any atom is -0.465 e. The van der Waals surface area contributed by atoms with Crippen molar-refractivity contribution in [2.45, 2.75) is 31.4 Å². The highest BCUT2D eigenvalue weighted by molar-refractivity contribution is 7.92. The van der Waals surface area contributed by atoms with Crippen molar-refractivity contribution in [3.63, 3.8) is 0 Å². The first kappa shape index (κ1) is 17.5. The van der Waals surface area contributed by atoms with E-state index in [4.69, 9.17) is 11.6 Å². The van der Waals surface area contributed by atoms with Crippen LogP contribution in [0.3, 0.4) is 0 Å². The third-order valence-corrected chi connectivity index (χ3v) is 8.50. The molecule has 2 heterocycles. The van der Waals surface area contributed by atoms with Gasteiger partial charge in [0.25, 0.3) is 0 Å². The van der Waals surface area contributed by atoms with E-state index in [1.807, 2.05) is 18.7 Å². The van der Waals surface area contributed by atoms with Gasteiger partial charge >= 0.3 is 5.97 Å². The molecule has 0 N–H and O–H groups in total. The molecule has 2 rings (SSSR count). The Morgan fingerprint density at radius 3 is 2.64 bits per heavy atom. The first-order valence-electron chi connectivity index (χ1n) is 7.02. The summed E-state index contributed by atoms with van der Waals surface area (Å²) < 4.78 is 28.7. The monoisotopic (exact) mass is 366 g/mol. The average Bonchev–Trinajstić information content (AvgIpc) is 2.88. The molecular formula is C13H19ClN2O4S2. The second-order valence-corrected chi connectivity index (χ2v) is 9.08. The number of anilines is 1. The number of halogens is 1. The second-order valence-electron chi connectivity index (χ2n) is 5.24. The number of sulfone groups is 1. The van der Waals surface area contributed by atoms with Crippen LogP contribution < -0.4 is 4.90 Å². The van der Waals surface area contributed by atoms with Crippen LogP contribution >= 0.6 is 22.9 Å². The highest BCUT2D eigenvalue weighted by atomic mass is 35.5. The van der Waals surface area contributed by atoms with Crippen molar-refractivity contribution in [1.29, 1.82) is 0 Å². The minimum absolute atomic E-state index is 0.0828. The number of aromatic nitrogens is 1. The van der Waals surface area contributed by atoms with Crippen LogP contribution in [0.4, 0.5) is 5.13 Å².